The van der Waals surface area contributed by atoms with Gasteiger partial charge in [0.25, 0.3) is 10.0 Å². The van der Waals surface area contributed by atoms with Crippen molar-refractivity contribution < 1.29 is 22.4 Å². The van der Waals surface area contributed by atoms with Gasteiger partial charge in [-0.15, -0.1) is 0 Å². The Morgan fingerprint density at radius 2 is 1.67 bits per heavy atom. The van der Waals surface area contributed by atoms with Crippen LogP contribution in [0.5, 0.6) is 0 Å². The molecule has 36 heavy (non-hydrogen) atoms. The Labute approximate surface area is 219 Å². The fourth-order valence-corrected chi connectivity index (χ4v) is 5.41. The van der Waals surface area contributed by atoms with Gasteiger partial charge in [-0.05, 0) is 50.2 Å². The van der Waals surface area contributed by atoms with Crippen molar-refractivity contribution in [3.05, 3.63) is 94.7 Å². The van der Waals surface area contributed by atoms with Gasteiger partial charge in [0.1, 0.15) is 18.4 Å². The average Bonchev–Trinajstić information content (AvgIpc) is 2.86. The second-order valence-electron chi connectivity index (χ2n) is 7.99. The van der Waals surface area contributed by atoms with Crippen molar-refractivity contribution in [2.75, 3.05) is 17.4 Å². The molecule has 3 rings (SSSR count). The van der Waals surface area contributed by atoms with E-state index in [0.29, 0.717) is 11.0 Å². The Kier molecular flexibility index (Phi) is 9.22. The van der Waals surface area contributed by atoms with Crippen LogP contribution >= 0.6 is 15.9 Å². The summed E-state index contributed by atoms with van der Waals surface area (Å²) < 4.78 is 43.3. The Morgan fingerprint density at radius 1 is 1.00 bits per heavy atom. The van der Waals surface area contributed by atoms with Crippen LogP contribution in [0.1, 0.15) is 19.4 Å². The van der Waals surface area contributed by atoms with Crippen LogP contribution in [-0.2, 0) is 26.2 Å². The van der Waals surface area contributed by atoms with Crippen LogP contribution in [-0.4, -0.2) is 44.3 Å². The summed E-state index contributed by atoms with van der Waals surface area (Å²) in [5, 5.41) is 2.66. The summed E-state index contributed by atoms with van der Waals surface area (Å²) in [6.45, 7) is 2.82. The number of sulfonamides is 1. The van der Waals surface area contributed by atoms with Gasteiger partial charge < -0.3 is 10.2 Å². The molecule has 7 nitrogen and oxygen atoms in total. The predicted molar refractivity (Wildman–Crippen MR) is 140 cm³/mol. The lowest BCUT2D eigenvalue weighted by atomic mass is 10.1. The molecule has 0 aliphatic rings. The molecule has 0 saturated heterocycles. The lowest BCUT2D eigenvalue weighted by Gasteiger charge is -2.32. The number of hydrogen-bond donors (Lipinski definition) is 1. The van der Waals surface area contributed by atoms with E-state index in [1.807, 2.05) is 0 Å². The third-order valence-electron chi connectivity index (χ3n) is 5.52. The number of nitrogens with one attached hydrogen (secondary N) is 1. The highest BCUT2D eigenvalue weighted by Gasteiger charge is 2.32. The molecule has 3 aromatic rings. The summed E-state index contributed by atoms with van der Waals surface area (Å²) in [6, 6.07) is 19.3. The van der Waals surface area contributed by atoms with Crippen LogP contribution in [0.3, 0.4) is 0 Å². The van der Waals surface area contributed by atoms with Gasteiger partial charge in [-0.25, -0.2) is 12.8 Å². The van der Waals surface area contributed by atoms with Gasteiger partial charge in [0.15, 0.2) is 0 Å². The number of nitrogens with zero attached hydrogens (tertiary/aromatic N) is 2. The number of likely N-dealkylation sites (N-methyl/N-ethyl adjacent to an activating group) is 1. The molecule has 0 saturated carbocycles. The number of anilines is 1. The standard InChI is InChI=1S/C26H27BrFN3O4S/c1-3-29-26(33)19(2)30(17-20-10-7-8-15-24(20)28)25(32)18-31(22-12-9-11-21(27)16-22)36(34,35)23-13-5-4-6-14-23/h4-16,19H,3,17-18H2,1-2H3,(H,29,33)/t19-/m0/s1. The van der Waals surface area contributed by atoms with Gasteiger partial charge in [0.05, 0.1) is 10.6 Å². The van der Waals surface area contributed by atoms with Gasteiger partial charge in [0.2, 0.25) is 11.8 Å². The van der Waals surface area contributed by atoms with E-state index < -0.39 is 40.2 Å². The highest BCUT2D eigenvalue weighted by molar-refractivity contribution is 9.10. The number of rotatable bonds is 10. The van der Waals surface area contributed by atoms with Crippen molar-refractivity contribution >= 4 is 43.5 Å². The third-order valence-corrected chi connectivity index (χ3v) is 7.80. The molecule has 0 fully saturated rings. The Balaban J connectivity index is 2.03. The monoisotopic (exact) mass is 575 g/mol. The lowest BCUT2D eigenvalue weighted by Crippen LogP contribution is -2.51. The minimum absolute atomic E-state index is 0.00945. The van der Waals surface area contributed by atoms with E-state index in [0.717, 1.165) is 4.31 Å². The van der Waals surface area contributed by atoms with E-state index >= 15 is 0 Å². The zero-order valence-corrected chi connectivity index (χ0v) is 22.3. The van der Waals surface area contributed by atoms with Gasteiger partial charge in [-0.2, -0.15) is 0 Å². The van der Waals surface area contributed by atoms with Crippen molar-refractivity contribution in [2.45, 2.75) is 31.3 Å². The Bertz CT molecular complexity index is 1320. The molecule has 1 atom stereocenters. The fourth-order valence-electron chi connectivity index (χ4n) is 3.59. The van der Waals surface area contributed by atoms with Crippen molar-refractivity contribution in [3.8, 4) is 0 Å². The van der Waals surface area contributed by atoms with Crippen LogP contribution in [0.15, 0.2) is 88.2 Å². The molecule has 0 unspecified atom stereocenters. The number of carbonyl (C=O) groups excluding carboxylic acids is 2. The Hall–Kier alpha value is -3.24. The summed E-state index contributed by atoms with van der Waals surface area (Å²) in [5.41, 5.74) is 0.472. The fraction of sp³-hybridized carbons (Fsp3) is 0.231. The maximum Gasteiger partial charge on any atom is 0.264 e. The number of benzene rings is 3. The molecule has 0 aliphatic heterocycles. The molecule has 2 amide bonds. The van der Waals surface area contributed by atoms with Crippen LogP contribution in [0, 0.1) is 5.82 Å². The molecular formula is C26H27BrFN3O4S. The smallest absolute Gasteiger partial charge is 0.264 e. The molecule has 10 heteroatoms. The second kappa shape index (κ2) is 12.1. The second-order valence-corrected chi connectivity index (χ2v) is 10.8. The summed E-state index contributed by atoms with van der Waals surface area (Å²) in [5.74, 6) is -1.61. The first-order valence-electron chi connectivity index (χ1n) is 11.3. The van der Waals surface area contributed by atoms with Crippen molar-refractivity contribution in [3.63, 3.8) is 0 Å². The zero-order chi connectivity index (χ0) is 26.3. The van der Waals surface area contributed by atoms with Crippen LogP contribution in [0.2, 0.25) is 0 Å². The Morgan fingerprint density at radius 3 is 2.31 bits per heavy atom. The topological polar surface area (TPSA) is 86.8 Å². The largest absolute Gasteiger partial charge is 0.355 e. The van der Waals surface area contributed by atoms with E-state index in [2.05, 4.69) is 21.2 Å². The number of amides is 2. The zero-order valence-electron chi connectivity index (χ0n) is 19.9. The first-order valence-corrected chi connectivity index (χ1v) is 13.5. The van der Waals surface area contributed by atoms with Crippen molar-refractivity contribution in [1.82, 2.24) is 10.2 Å². The molecule has 0 bridgehead atoms. The minimum Gasteiger partial charge on any atom is -0.355 e. The van der Waals surface area contributed by atoms with E-state index in [9.17, 15) is 22.4 Å². The highest BCUT2D eigenvalue weighted by Crippen LogP contribution is 2.27. The maximum absolute atomic E-state index is 14.5. The van der Waals surface area contributed by atoms with Gasteiger partial charge >= 0.3 is 0 Å². The molecule has 0 radical (unpaired) electrons. The first kappa shape index (κ1) is 27.3. The van der Waals surface area contributed by atoms with Crippen molar-refractivity contribution in [2.24, 2.45) is 0 Å². The van der Waals surface area contributed by atoms with Gasteiger partial charge in [-0.1, -0.05) is 58.4 Å². The van der Waals surface area contributed by atoms with E-state index in [1.54, 1.807) is 55.5 Å². The molecule has 3 aromatic carbocycles. The predicted octanol–water partition coefficient (Wildman–Crippen LogP) is 4.34. The lowest BCUT2D eigenvalue weighted by molar-refractivity contribution is -0.139. The molecule has 0 heterocycles. The molecule has 0 aliphatic carbocycles. The maximum atomic E-state index is 14.5. The first-order chi connectivity index (χ1) is 17.1. The number of carbonyl (C=O) groups is 2. The van der Waals surface area contributed by atoms with Gasteiger partial charge in [0, 0.05) is 23.1 Å². The van der Waals surface area contributed by atoms with Crippen LogP contribution in [0.4, 0.5) is 10.1 Å². The molecule has 190 valence electrons. The molecule has 1 N–H and O–H groups in total. The number of halogens is 2. The molecular weight excluding hydrogens is 549 g/mol. The normalized spacial score (nSPS) is 12.0. The quantitative estimate of drug-likeness (QED) is 0.389. The summed E-state index contributed by atoms with van der Waals surface area (Å²) in [6.07, 6.45) is 0. The minimum atomic E-state index is -4.15. The highest BCUT2D eigenvalue weighted by atomic mass is 79.9. The summed E-state index contributed by atoms with van der Waals surface area (Å²) in [7, 11) is -4.15. The van der Waals surface area contributed by atoms with E-state index in [4.69, 9.17) is 0 Å². The molecule has 0 spiro atoms. The summed E-state index contributed by atoms with van der Waals surface area (Å²) in [4.78, 5) is 27.5. The summed E-state index contributed by atoms with van der Waals surface area (Å²) >= 11 is 3.35. The van der Waals surface area contributed by atoms with Gasteiger partial charge in [-0.3, -0.25) is 13.9 Å². The van der Waals surface area contributed by atoms with E-state index in [-0.39, 0.29) is 22.7 Å². The van der Waals surface area contributed by atoms with Crippen LogP contribution in [0.25, 0.3) is 0 Å². The number of hydrogen-bond acceptors (Lipinski definition) is 4. The SMILES string of the molecule is CCNC(=O)[C@H](C)N(Cc1ccccc1F)C(=O)CN(c1cccc(Br)c1)S(=O)(=O)c1ccccc1. The van der Waals surface area contributed by atoms with Crippen LogP contribution < -0.4 is 9.62 Å². The third kappa shape index (κ3) is 6.50. The van der Waals surface area contributed by atoms with E-state index in [1.165, 1.54) is 42.2 Å². The molecule has 0 aromatic heterocycles. The average molecular weight is 576 g/mol. The van der Waals surface area contributed by atoms with Crippen molar-refractivity contribution in [1.29, 1.82) is 0 Å².